The predicted octanol–water partition coefficient (Wildman–Crippen LogP) is 5.20. The van der Waals surface area contributed by atoms with Crippen molar-refractivity contribution < 1.29 is 22.2 Å². The van der Waals surface area contributed by atoms with Crippen molar-refractivity contribution in [1.29, 1.82) is 0 Å². The fraction of sp³-hybridized carbons (Fsp3) is 0.0345. The van der Waals surface area contributed by atoms with Gasteiger partial charge in [0.25, 0.3) is 0 Å². The summed E-state index contributed by atoms with van der Waals surface area (Å²) in [6.45, 7) is 0. The van der Waals surface area contributed by atoms with E-state index in [1.54, 1.807) is 0 Å². The molecule has 0 amide bonds. The van der Waals surface area contributed by atoms with Crippen LogP contribution in [0.3, 0.4) is 0 Å². The van der Waals surface area contributed by atoms with Gasteiger partial charge in [0.2, 0.25) is 0 Å². The van der Waals surface area contributed by atoms with Gasteiger partial charge in [0.15, 0.2) is 0 Å². The van der Waals surface area contributed by atoms with Gasteiger partial charge in [-0.1, -0.05) is 84.9 Å². The summed E-state index contributed by atoms with van der Waals surface area (Å²) in [5, 5.41) is 13.6. The first-order valence-corrected chi connectivity index (χ1v) is 11.7. The Kier molecular flexibility index (Phi) is 12.5. The molecule has 3 aromatic rings. The quantitative estimate of drug-likeness (QED) is 0.388. The second-order valence-electron chi connectivity index (χ2n) is 7.15. The zero-order valence-corrected chi connectivity index (χ0v) is 20.2. The van der Waals surface area contributed by atoms with Crippen LogP contribution < -0.4 is 10.6 Å². The predicted molar refractivity (Wildman–Crippen MR) is 137 cm³/mol. The summed E-state index contributed by atoms with van der Waals surface area (Å²) in [6.07, 6.45) is 17.9. The maximum absolute atomic E-state index is 11.1. The zero-order valence-electron chi connectivity index (χ0n) is 18.2. The molecule has 0 unspecified atom stereocenters. The molecule has 0 saturated heterocycles. The van der Waals surface area contributed by atoms with Crippen LogP contribution >= 0.6 is 7.92 Å². The molecule has 2 aliphatic rings. The molecule has 2 aliphatic carbocycles. The van der Waals surface area contributed by atoms with Crippen molar-refractivity contribution in [3.05, 3.63) is 160 Å². The molecule has 4 heteroatoms. The molecule has 0 spiro atoms. The molecular formula is C29H25BFeOP+2. The Morgan fingerprint density at radius 2 is 1.06 bits per heavy atom. The van der Waals surface area contributed by atoms with E-state index >= 15 is 0 Å². The van der Waals surface area contributed by atoms with E-state index in [4.69, 9.17) is 0 Å². The van der Waals surface area contributed by atoms with Gasteiger partial charge in [-0.05, 0) is 87.4 Å². The molecule has 1 nitrogen and oxygen atoms in total. The molecule has 2 fully saturated rings. The van der Waals surface area contributed by atoms with Gasteiger partial charge in [-0.15, -0.1) is 0 Å². The van der Waals surface area contributed by atoms with Gasteiger partial charge in [-0.25, -0.2) is 0 Å². The topological polar surface area (TPSA) is 20.2 Å². The Balaban J connectivity index is 0.000000490. The number of aliphatic hydroxyl groups excluding tert-OH is 1. The third-order valence-electron chi connectivity index (χ3n) is 5.06. The van der Waals surface area contributed by atoms with Crippen molar-refractivity contribution in [3.8, 4) is 0 Å². The summed E-state index contributed by atoms with van der Waals surface area (Å²) < 4.78 is 0. The number of rotatable bonds is 5. The summed E-state index contributed by atoms with van der Waals surface area (Å²) in [5.41, 5.74) is 3.21. The Bertz CT molecular complexity index is 904. The van der Waals surface area contributed by atoms with Crippen molar-refractivity contribution in [2.75, 3.05) is 0 Å². The van der Waals surface area contributed by atoms with Crippen LogP contribution in [0.15, 0.2) is 84.9 Å². The van der Waals surface area contributed by atoms with Gasteiger partial charge in [-0.2, -0.15) is 0 Å². The third-order valence-corrected chi connectivity index (χ3v) is 7.58. The molecule has 1 N–H and O–H groups in total. The van der Waals surface area contributed by atoms with Crippen molar-refractivity contribution >= 4 is 26.9 Å². The van der Waals surface area contributed by atoms with Crippen LogP contribution in [0.4, 0.5) is 0 Å². The minimum absolute atomic E-state index is 0. The Hall–Kier alpha value is -1.37. The number of hydrogen-bond donors (Lipinski definition) is 1. The molecule has 0 bridgehead atoms. The second kappa shape index (κ2) is 14.8. The van der Waals surface area contributed by atoms with E-state index in [-0.39, 0.29) is 25.5 Å². The van der Waals surface area contributed by atoms with E-state index in [9.17, 15) is 5.11 Å². The molecule has 0 aromatic heterocycles. The maximum atomic E-state index is 11.1. The van der Waals surface area contributed by atoms with Crippen molar-refractivity contribution in [3.63, 3.8) is 0 Å². The van der Waals surface area contributed by atoms with Gasteiger partial charge >= 0.3 is 17.1 Å². The summed E-state index contributed by atoms with van der Waals surface area (Å²) in [6, 6.07) is 28.8. The molecule has 3 aromatic carbocycles. The first kappa shape index (κ1) is 27.9. The molecule has 2 saturated carbocycles. The summed E-state index contributed by atoms with van der Waals surface area (Å²) in [7, 11) is -0.713. The van der Waals surface area contributed by atoms with Crippen molar-refractivity contribution in [2.45, 2.75) is 6.10 Å². The number of aliphatic hydroxyl groups is 1. The molecule has 2 atom stereocenters. The number of benzene rings is 3. The van der Waals surface area contributed by atoms with Gasteiger partial charge < -0.3 is 5.11 Å². The van der Waals surface area contributed by atoms with Gasteiger partial charge in [0.05, 0.1) is 0 Å². The van der Waals surface area contributed by atoms with Crippen LogP contribution in [0.25, 0.3) is 0 Å². The zero-order chi connectivity index (χ0) is 21.3. The first-order valence-electron chi connectivity index (χ1n) is 10.4. The van der Waals surface area contributed by atoms with E-state index in [0.717, 1.165) is 11.1 Å². The van der Waals surface area contributed by atoms with Crippen LogP contribution in [0.5, 0.6) is 0 Å². The molecule has 161 valence electrons. The van der Waals surface area contributed by atoms with E-state index in [0.29, 0.717) is 0 Å². The second-order valence-corrected chi connectivity index (χ2v) is 9.33. The average molecular weight is 487 g/mol. The summed E-state index contributed by atoms with van der Waals surface area (Å²) >= 11 is 0. The normalized spacial score (nSPS) is 17.1. The van der Waals surface area contributed by atoms with E-state index in [1.807, 2.05) is 80.6 Å². The Morgan fingerprint density at radius 3 is 1.64 bits per heavy atom. The minimum atomic E-state index is -0.713. The molecule has 33 heavy (non-hydrogen) atoms. The van der Waals surface area contributed by atoms with Crippen LogP contribution in [-0.2, 0) is 17.1 Å². The van der Waals surface area contributed by atoms with Crippen molar-refractivity contribution in [2.24, 2.45) is 0 Å². The van der Waals surface area contributed by atoms with Crippen LogP contribution in [0, 0.1) is 63.4 Å². The Morgan fingerprint density at radius 1 is 0.576 bits per heavy atom. The van der Waals surface area contributed by atoms with Gasteiger partial charge in [0.1, 0.15) is 6.10 Å². The summed E-state index contributed by atoms with van der Waals surface area (Å²) in [5.74, 6) is 0. The standard InChI is InChI=1S/C24H20OP.C5H5.B.Fe/c25-24(19-11-3-1-4-12-19)22-17-9-10-18-23(22)26(21-15-7-8-16-21)20-13-5-2-6-14-20;1-2-4-5-3-1;;/h1-18,24-25H;1-5H;;/q;;;+2/t24-,26-;;;/m0.../s1. The van der Waals surface area contributed by atoms with Gasteiger partial charge in [-0.3, -0.25) is 0 Å². The molecule has 13 radical (unpaired) electrons. The van der Waals surface area contributed by atoms with E-state index in [2.05, 4.69) is 62.1 Å². The van der Waals surface area contributed by atoms with Crippen LogP contribution in [0.2, 0.25) is 0 Å². The van der Waals surface area contributed by atoms with Crippen molar-refractivity contribution in [1.82, 2.24) is 0 Å². The fourth-order valence-corrected chi connectivity index (χ4v) is 6.06. The van der Waals surface area contributed by atoms with Crippen LogP contribution in [-0.4, -0.2) is 13.5 Å². The summed E-state index contributed by atoms with van der Waals surface area (Å²) in [4.78, 5) is 0. The number of hydrogen-bond acceptors (Lipinski definition) is 1. The van der Waals surface area contributed by atoms with Crippen LogP contribution in [0.1, 0.15) is 17.2 Å². The molecule has 0 heterocycles. The first-order chi connectivity index (χ1) is 15.3. The minimum Gasteiger partial charge on any atom is -0.384 e. The van der Waals surface area contributed by atoms with Gasteiger partial charge in [0, 0.05) is 14.1 Å². The third kappa shape index (κ3) is 7.56. The maximum Gasteiger partial charge on any atom is 2.00 e. The average Bonchev–Trinajstić information content (AvgIpc) is 3.58. The molecule has 5 rings (SSSR count). The Labute approximate surface area is 214 Å². The SMILES string of the molecule is O[C@@H](c1ccccc1)c1ccccc1[P@]([C]1[CH][CH][CH][CH]1)c1ccccc1.[B].[CH]1[CH][CH][CH][CH]1.[Fe+2]. The van der Waals surface area contributed by atoms with E-state index < -0.39 is 14.0 Å². The fourth-order valence-electron chi connectivity index (χ4n) is 3.58. The molecular weight excluding hydrogens is 462 g/mol. The largest absolute Gasteiger partial charge is 2.00 e. The molecule has 0 aliphatic heterocycles. The smallest absolute Gasteiger partial charge is 0.384 e. The monoisotopic (exact) mass is 487 g/mol. The van der Waals surface area contributed by atoms with E-state index in [1.165, 1.54) is 16.3 Å².